The smallest absolute Gasteiger partial charge is 0.104 e. The van der Waals surface area contributed by atoms with E-state index in [0.717, 1.165) is 24.5 Å². The highest BCUT2D eigenvalue weighted by Crippen LogP contribution is 2.15. The first-order valence-corrected chi connectivity index (χ1v) is 7.90. The van der Waals surface area contributed by atoms with Crippen LogP contribution in [0.4, 0.5) is 5.69 Å². The number of ether oxygens (including phenoxy) is 4. The van der Waals surface area contributed by atoms with E-state index in [0.29, 0.717) is 45.2 Å². The summed E-state index contributed by atoms with van der Waals surface area (Å²) < 4.78 is 21.2. The van der Waals surface area contributed by atoms with Crippen molar-refractivity contribution in [3.8, 4) is 0 Å². The highest BCUT2D eigenvalue weighted by Gasteiger charge is 2.22. The van der Waals surface area contributed by atoms with E-state index >= 15 is 0 Å². The summed E-state index contributed by atoms with van der Waals surface area (Å²) in [5.74, 6) is 0. The quantitative estimate of drug-likeness (QED) is 0.270. The zero-order chi connectivity index (χ0) is 15.9. The van der Waals surface area contributed by atoms with E-state index in [4.69, 9.17) is 18.9 Å². The van der Waals surface area contributed by atoms with Crippen LogP contribution in [0.1, 0.15) is 5.56 Å². The Morgan fingerprint density at radius 3 is 2.39 bits per heavy atom. The van der Waals surface area contributed by atoms with Gasteiger partial charge in [0.15, 0.2) is 0 Å². The molecule has 1 aromatic carbocycles. The van der Waals surface area contributed by atoms with Crippen LogP contribution in [-0.2, 0) is 25.6 Å². The van der Waals surface area contributed by atoms with Gasteiger partial charge in [-0.25, -0.2) is 0 Å². The van der Waals surface area contributed by atoms with Gasteiger partial charge in [-0.05, 0) is 17.7 Å². The number of rotatable bonds is 11. The second kappa shape index (κ2) is 8.35. The molecule has 7 nitrogen and oxygen atoms in total. The summed E-state index contributed by atoms with van der Waals surface area (Å²) >= 11 is 0. The fourth-order valence-corrected chi connectivity index (χ4v) is 1.88. The summed E-state index contributed by atoms with van der Waals surface area (Å²) in [6, 6.07) is 7.87. The van der Waals surface area contributed by atoms with Crippen molar-refractivity contribution in [1.29, 1.82) is 0 Å². The molecule has 126 valence electrons. The molecule has 2 aliphatic rings. The fourth-order valence-electron chi connectivity index (χ4n) is 1.88. The predicted octanol–water partition coefficient (Wildman–Crippen LogP) is 1.95. The SMILES string of the molecule is CN(CCOCC1CO1)/N=N/c1ccc(COCC2CO2)cc1. The van der Waals surface area contributed by atoms with Gasteiger partial charge < -0.3 is 18.9 Å². The fraction of sp³-hybridized carbons (Fsp3) is 0.625. The van der Waals surface area contributed by atoms with Crippen LogP contribution >= 0.6 is 0 Å². The van der Waals surface area contributed by atoms with Gasteiger partial charge in [-0.15, -0.1) is 5.11 Å². The average Bonchev–Trinajstić information content (AvgIpc) is 3.45. The molecule has 2 fully saturated rings. The van der Waals surface area contributed by atoms with Gasteiger partial charge in [-0.2, -0.15) is 0 Å². The number of hydrogen-bond donors (Lipinski definition) is 0. The monoisotopic (exact) mass is 321 g/mol. The summed E-state index contributed by atoms with van der Waals surface area (Å²) in [5, 5.41) is 10.1. The van der Waals surface area contributed by atoms with E-state index in [9.17, 15) is 0 Å². The molecule has 0 spiro atoms. The summed E-state index contributed by atoms with van der Waals surface area (Å²) in [6.07, 6.45) is 0.612. The molecule has 0 radical (unpaired) electrons. The summed E-state index contributed by atoms with van der Waals surface area (Å²) in [6.45, 7) is 4.90. The molecular weight excluding hydrogens is 298 g/mol. The van der Waals surface area contributed by atoms with Crippen LogP contribution in [0.15, 0.2) is 34.6 Å². The molecule has 0 aromatic heterocycles. The molecule has 23 heavy (non-hydrogen) atoms. The van der Waals surface area contributed by atoms with Crippen molar-refractivity contribution in [3.05, 3.63) is 29.8 Å². The van der Waals surface area contributed by atoms with Crippen molar-refractivity contribution < 1.29 is 18.9 Å². The lowest BCUT2D eigenvalue weighted by Gasteiger charge is -2.10. The van der Waals surface area contributed by atoms with Gasteiger partial charge in [-0.1, -0.05) is 17.4 Å². The van der Waals surface area contributed by atoms with Crippen molar-refractivity contribution in [2.24, 2.45) is 10.3 Å². The van der Waals surface area contributed by atoms with Gasteiger partial charge in [0.2, 0.25) is 0 Å². The van der Waals surface area contributed by atoms with E-state index in [-0.39, 0.29) is 0 Å². The summed E-state index contributed by atoms with van der Waals surface area (Å²) in [7, 11) is 1.88. The van der Waals surface area contributed by atoms with Crippen LogP contribution in [0.2, 0.25) is 0 Å². The van der Waals surface area contributed by atoms with Crippen molar-refractivity contribution in [2.45, 2.75) is 18.8 Å². The van der Waals surface area contributed by atoms with Crippen molar-refractivity contribution in [1.82, 2.24) is 5.01 Å². The first-order valence-electron chi connectivity index (χ1n) is 7.90. The van der Waals surface area contributed by atoms with Gasteiger partial charge >= 0.3 is 0 Å². The van der Waals surface area contributed by atoms with Gasteiger partial charge in [-0.3, -0.25) is 5.01 Å². The average molecular weight is 321 g/mol. The molecule has 2 atom stereocenters. The van der Waals surface area contributed by atoms with Gasteiger partial charge in [0.05, 0.1) is 51.9 Å². The second-order valence-electron chi connectivity index (χ2n) is 5.74. The Morgan fingerprint density at radius 1 is 1.09 bits per heavy atom. The van der Waals surface area contributed by atoms with Gasteiger partial charge in [0, 0.05) is 7.05 Å². The Morgan fingerprint density at radius 2 is 1.74 bits per heavy atom. The maximum atomic E-state index is 5.55. The third-order valence-electron chi connectivity index (χ3n) is 3.49. The third kappa shape index (κ3) is 6.62. The van der Waals surface area contributed by atoms with Crippen molar-refractivity contribution >= 4 is 5.69 Å². The second-order valence-corrected chi connectivity index (χ2v) is 5.74. The minimum Gasteiger partial charge on any atom is -0.377 e. The van der Waals surface area contributed by atoms with Crippen LogP contribution in [-0.4, -0.2) is 63.8 Å². The van der Waals surface area contributed by atoms with E-state index in [1.165, 1.54) is 0 Å². The van der Waals surface area contributed by atoms with Crippen LogP contribution < -0.4 is 0 Å². The Hall–Kier alpha value is -1.54. The molecule has 2 aliphatic heterocycles. The van der Waals surface area contributed by atoms with Crippen LogP contribution in [0.25, 0.3) is 0 Å². The number of benzene rings is 1. The minimum atomic E-state index is 0.305. The first-order chi connectivity index (χ1) is 11.3. The van der Waals surface area contributed by atoms with Crippen LogP contribution in [0.3, 0.4) is 0 Å². The Bertz CT molecular complexity index is 501. The molecule has 2 heterocycles. The molecule has 0 amide bonds. The molecule has 2 unspecified atom stereocenters. The third-order valence-corrected chi connectivity index (χ3v) is 3.49. The van der Waals surface area contributed by atoms with Gasteiger partial charge in [0.1, 0.15) is 12.2 Å². The number of hydrogen-bond acceptors (Lipinski definition) is 6. The Kier molecular flexibility index (Phi) is 5.93. The molecule has 0 saturated carbocycles. The molecule has 0 aliphatic carbocycles. The highest BCUT2D eigenvalue weighted by atomic mass is 16.6. The predicted molar refractivity (Wildman–Crippen MR) is 83.5 cm³/mol. The van der Waals surface area contributed by atoms with Crippen LogP contribution in [0.5, 0.6) is 0 Å². The maximum absolute atomic E-state index is 5.55. The van der Waals surface area contributed by atoms with Gasteiger partial charge in [0.25, 0.3) is 0 Å². The molecule has 3 rings (SSSR count). The number of likely N-dealkylation sites (N-methyl/N-ethyl adjacent to an activating group) is 1. The molecule has 7 heteroatoms. The standard InChI is InChI=1S/C16H23N3O4/c1-19(6-7-20-9-15-11-22-15)18-17-14-4-2-13(3-5-14)8-21-10-16-12-23-16/h2-5,15-16H,6-12H2,1H3/b18-17+. The topological polar surface area (TPSA) is 71.5 Å². The van der Waals surface area contributed by atoms with Crippen LogP contribution in [0, 0.1) is 0 Å². The molecule has 0 bridgehead atoms. The number of nitrogens with zero attached hydrogens (tertiary/aromatic N) is 3. The van der Waals surface area contributed by atoms with Crippen molar-refractivity contribution in [3.63, 3.8) is 0 Å². The lowest BCUT2D eigenvalue weighted by Crippen LogP contribution is -2.18. The summed E-state index contributed by atoms with van der Waals surface area (Å²) in [5.41, 5.74) is 1.94. The lowest BCUT2D eigenvalue weighted by molar-refractivity contribution is 0.0967. The lowest BCUT2D eigenvalue weighted by atomic mass is 10.2. The largest absolute Gasteiger partial charge is 0.377 e. The zero-order valence-electron chi connectivity index (χ0n) is 13.4. The molecule has 0 N–H and O–H groups in total. The van der Waals surface area contributed by atoms with E-state index in [2.05, 4.69) is 10.3 Å². The van der Waals surface area contributed by atoms with E-state index in [1.54, 1.807) is 5.01 Å². The molecular formula is C16H23N3O4. The maximum Gasteiger partial charge on any atom is 0.104 e. The first kappa shape index (κ1) is 16.3. The summed E-state index contributed by atoms with van der Waals surface area (Å²) in [4.78, 5) is 0. The normalized spacial score (nSPS) is 22.5. The van der Waals surface area contributed by atoms with E-state index in [1.807, 2.05) is 31.3 Å². The number of epoxide rings is 2. The van der Waals surface area contributed by atoms with Crippen molar-refractivity contribution in [2.75, 3.05) is 46.6 Å². The zero-order valence-corrected chi connectivity index (χ0v) is 13.4. The highest BCUT2D eigenvalue weighted by molar-refractivity contribution is 5.37. The Balaban J connectivity index is 1.32. The van der Waals surface area contributed by atoms with E-state index < -0.39 is 0 Å². The molecule has 1 aromatic rings. The molecule has 2 saturated heterocycles. The minimum absolute atomic E-state index is 0.305. The Labute approximate surface area is 136 Å².